The van der Waals surface area contributed by atoms with Gasteiger partial charge >= 0.3 is 0 Å². The second-order valence-electron chi connectivity index (χ2n) is 9.11. The molecule has 1 unspecified atom stereocenters. The molecule has 2 saturated heterocycles. The third-order valence-corrected chi connectivity index (χ3v) is 6.45. The number of carbonyl (C=O) groups is 1. The zero-order chi connectivity index (χ0) is 23.0. The van der Waals surface area contributed by atoms with Crippen molar-refractivity contribution in [2.45, 2.75) is 58.4 Å². The van der Waals surface area contributed by atoms with Crippen LogP contribution in [0.1, 0.15) is 52.5 Å². The molecule has 1 aromatic rings. The van der Waals surface area contributed by atoms with Gasteiger partial charge in [-0.25, -0.2) is 0 Å². The third kappa shape index (κ3) is 6.15. The van der Waals surface area contributed by atoms with Crippen LogP contribution in [0.2, 0.25) is 0 Å². The molecule has 2 N–H and O–H groups in total. The molecular weight excluding hydrogens is 404 g/mol. The van der Waals surface area contributed by atoms with Gasteiger partial charge in [-0.3, -0.25) is 9.79 Å². The molecule has 0 aromatic heterocycles. The van der Waals surface area contributed by atoms with Crippen molar-refractivity contribution in [1.82, 2.24) is 15.5 Å². The summed E-state index contributed by atoms with van der Waals surface area (Å²) in [6.45, 7) is 13.2. The van der Waals surface area contributed by atoms with Gasteiger partial charge in [0.25, 0.3) is 0 Å². The smallest absolute Gasteiger partial charge is 0.225 e. The van der Waals surface area contributed by atoms with E-state index in [1.807, 2.05) is 25.7 Å². The van der Waals surface area contributed by atoms with Gasteiger partial charge in [-0.15, -0.1) is 0 Å². The minimum Gasteiger partial charge on any atom is -0.494 e. The molecule has 2 aliphatic heterocycles. The summed E-state index contributed by atoms with van der Waals surface area (Å²) in [5, 5.41) is 6.96. The van der Waals surface area contributed by atoms with E-state index < -0.39 is 0 Å². The third-order valence-electron chi connectivity index (χ3n) is 6.45. The fourth-order valence-electron chi connectivity index (χ4n) is 4.56. The van der Waals surface area contributed by atoms with E-state index in [1.54, 1.807) is 0 Å². The van der Waals surface area contributed by atoms with Crippen LogP contribution in [0.4, 0.5) is 0 Å². The first-order valence-corrected chi connectivity index (χ1v) is 12.1. The van der Waals surface area contributed by atoms with Crippen LogP contribution in [0.3, 0.4) is 0 Å². The largest absolute Gasteiger partial charge is 0.494 e. The highest BCUT2D eigenvalue weighted by Crippen LogP contribution is 2.36. The minimum atomic E-state index is -0.0410. The number of aliphatic imine (C=N–C) groups is 1. The fraction of sp³-hybridized carbons (Fsp3) is 0.680. The van der Waals surface area contributed by atoms with Gasteiger partial charge in [-0.1, -0.05) is 26.0 Å². The van der Waals surface area contributed by atoms with Gasteiger partial charge in [0.15, 0.2) is 5.96 Å². The number of benzene rings is 1. The molecule has 0 bridgehead atoms. The molecule has 178 valence electrons. The number of amides is 1. The standard InChI is InChI=1S/C25H40N4O3/c1-5-26-24(28-21-11-14-29(17-21)23(30)19(3)4)27-18-25(12-15-31-16-13-25)20-7-9-22(10-8-20)32-6-2/h7-10,19,21H,5-6,11-18H2,1-4H3,(H2,26,27,28). The number of carbonyl (C=O) groups excluding carboxylic acids is 1. The summed E-state index contributed by atoms with van der Waals surface area (Å²) in [5.41, 5.74) is 1.25. The lowest BCUT2D eigenvalue weighted by Gasteiger charge is -2.37. The first kappa shape index (κ1) is 24.4. The van der Waals surface area contributed by atoms with Crippen molar-refractivity contribution < 1.29 is 14.3 Å². The van der Waals surface area contributed by atoms with Crippen molar-refractivity contribution in [3.05, 3.63) is 29.8 Å². The lowest BCUT2D eigenvalue weighted by molar-refractivity contribution is -0.133. The summed E-state index contributed by atoms with van der Waals surface area (Å²) in [7, 11) is 0. The van der Waals surface area contributed by atoms with Crippen LogP contribution in [0, 0.1) is 5.92 Å². The number of ether oxygens (including phenoxy) is 2. The average molecular weight is 445 g/mol. The summed E-state index contributed by atoms with van der Waals surface area (Å²) < 4.78 is 11.3. The number of nitrogens with one attached hydrogen (secondary N) is 2. The topological polar surface area (TPSA) is 75.2 Å². The molecule has 0 spiro atoms. The highest BCUT2D eigenvalue weighted by atomic mass is 16.5. The van der Waals surface area contributed by atoms with Crippen molar-refractivity contribution in [2.75, 3.05) is 46.0 Å². The number of hydrogen-bond acceptors (Lipinski definition) is 4. The molecule has 7 heteroatoms. The number of guanidine groups is 1. The maximum Gasteiger partial charge on any atom is 0.225 e. The van der Waals surface area contributed by atoms with E-state index in [2.05, 4.69) is 41.8 Å². The summed E-state index contributed by atoms with van der Waals surface area (Å²) in [5.74, 6) is 2.00. The highest BCUT2D eigenvalue weighted by Gasteiger charge is 2.35. The molecule has 7 nitrogen and oxygen atoms in total. The number of hydrogen-bond donors (Lipinski definition) is 2. The Morgan fingerprint density at radius 2 is 1.97 bits per heavy atom. The van der Waals surface area contributed by atoms with Crippen LogP contribution in [-0.2, 0) is 14.9 Å². The quantitative estimate of drug-likeness (QED) is 0.476. The Kier molecular flexibility index (Phi) is 8.79. The normalized spacial score (nSPS) is 21.0. The van der Waals surface area contributed by atoms with Crippen LogP contribution < -0.4 is 15.4 Å². The van der Waals surface area contributed by atoms with E-state index in [4.69, 9.17) is 14.5 Å². The van der Waals surface area contributed by atoms with Gasteiger partial charge in [0.1, 0.15) is 5.75 Å². The maximum atomic E-state index is 12.3. The van der Waals surface area contributed by atoms with E-state index in [0.717, 1.165) is 63.8 Å². The van der Waals surface area contributed by atoms with Gasteiger partial charge in [-0.2, -0.15) is 0 Å². The zero-order valence-electron chi connectivity index (χ0n) is 20.2. The van der Waals surface area contributed by atoms with Crippen LogP contribution in [0.15, 0.2) is 29.3 Å². The summed E-state index contributed by atoms with van der Waals surface area (Å²) >= 11 is 0. The average Bonchev–Trinajstić information content (AvgIpc) is 3.27. The van der Waals surface area contributed by atoms with Gasteiger partial charge in [-0.05, 0) is 50.8 Å². The Balaban J connectivity index is 1.71. The summed E-state index contributed by atoms with van der Waals surface area (Å²) in [6.07, 6.45) is 2.84. The molecule has 3 rings (SSSR count). The molecule has 1 aromatic carbocycles. The molecule has 0 aliphatic carbocycles. The van der Waals surface area contributed by atoms with Gasteiger partial charge in [0, 0.05) is 50.2 Å². The SMILES string of the molecule is CCNC(=NCC1(c2ccc(OCC)cc2)CCOCC1)NC1CCN(C(=O)C(C)C)C1. The van der Waals surface area contributed by atoms with Crippen LogP contribution >= 0.6 is 0 Å². The second kappa shape index (κ2) is 11.5. The molecule has 1 amide bonds. The number of nitrogens with zero attached hydrogens (tertiary/aromatic N) is 2. The van der Waals surface area contributed by atoms with Crippen molar-refractivity contribution in [3.63, 3.8) is 0 Å². The van der Waals surface area contributed by atoms with Crippen LogP contribution in [0.25, 0.3) is 0 Å². The first-order chi connectivity index (χ1) is 15.5. The van der Waals surface area contributed by atoms with Gasteiger partial charge < -0.3 is 25.0 Å². The number of rotatable bonds is 8. The Labute approximate surface area is 192 Å². The molecule has 1 atom stereocenters. The van der Waals surface area contributed by atoms with E-state index in [0.29, 0.717) is 13.2 Å². The van der Waals surface area contributed by atoms with E-state index in [9.17, 15) is 4.79 Å². The number of likely N-dealkylation sites (tertiary alicyclic amines) is 1. The Morgan fingerprint density at radius 3 is 2.59 bits per heavy atom. The summed E-state index contributed by atoms with van der Waals surface area (Å²) in [4.78, 5) is 19.3. The van der Waals surface area contributed by atoms with Crippen LogP contribution in [0.5, 0.6) is 5.75 Å². The van der Waals surface area contributed by atoms with Crippen molar-refractivity contribution in [1.29, 1.82) is 0 Å². The molecular formula is C25H40N4O3. The Bertz CT molecular complexity index is 757. The predicted octanol–water partition coefficient (Wildman–Crippen LogP) is 2.95. The second-order valence-corrected chi connectivity index (χ2v) is 9.11. The highest BCUT2D eigenvalue weighted by molar-refractivity contribution is 5.81. The molecule has 2 aliphatic rings. The van der Waals surface area contributed by atoms with E-state index in [-0.39, 0.29) is 23.3 Å². The monoisotopic (exact) mass is 444 g/mol. The van der Waals surface area contributed by atoms with Crippen molar-refractivity contribution >= 4 is 11.9 Å². The van der Waals surface area contributed by atoms with E-state index >= 15 is 0 Å². The lowest BCUT2D eigenvalue weighted by Crippen LogP contribution is -2.46. The molecule has 2 fully saturated rings. The zero-order valence-corrected chi connectivity index (χ0v) is 20.2. The van der Waals surface area contributed by atoms with Crippen molar-refractivity contribution in [2.24, 2.45) is 10.9 Å². The van der Waals surface area contributed by atoms with Crippen LogP contribution in [-0.4, -0.2) is 68.8 Å². The molecule has 0 radical (unpaired) electrons. The molecule has 0 saturated carbocycles. The lowest BCUT2D eigenvalue weighted by atomic mass is 9.74. The van der Waals surface area contributed by atoms with Crippen molar-refractivity contribution in [3.8, 4) is 5.75 Å². The molecule has 2 heterocycles. The van der Waals surface area contributed by atoms with Gasteiger partial charge in [0.2, 0.25) is 5.91 Å². The maximum absolute atomic E-state index is 12.3. The predicted molar refractivity (Wildman–Crippen MR) is 128 cm³/mol. The Morgan fingerprint density at radius 1 is 1.25 bits per heavy atom. The fourth-order valence-corrected chi connectivity index (χ4v) is 4.56. The minimum absolute atomic E-state index is 0.0400. The van der Waals surface area contributed by atoms with Gasteiger partial charge in [0.05, 0.1) is 13.2 Å². The summed E-state index contributed by atoms with van der Waals surface area (Å²) in [6, 6.07) is 8.70. The first-order valence-electron chi connectivity index (χ1n) is 12.1. The van der Waals surface area contributed by atoms with E-state index in [1.165, 1.54) is 5.56 Å². The Hall–Kier alpha value is -2.28. The molecule has 32 heavy (non-hydrogen) atoms.